The van der Waals surface area contributed by atoms with Crippen LogP contribution in [0.2, 0.25) is 0 Å². The van der Waals surface area contributed by atoms with Crippen molar-refractivity contribution in [1.82, 2.24) is 0 Å². The van der Waals surface area contributed by atoms with Crippen molar-refractivity contribution in [3.05, 3.63) is 40.6 Å². The molecular weight excluding hydrogens is 236 g/mol. The van der Waals surface area contributed by atoms with E-state index in [0.29, 0.717) is 5.09 Å². The lowest BCUT2D eigenvalue weighted by Gasteiger charge is -1.97. The standard InChI is InChI=1S/C13H10OS2/c1-8-9(6-7-16-8)12-10-4-2-3-5-11(10)14-13(12)15/h2-7,15H,1H3. The smallest absolute Gasteiger partial charge is 0.166 e. The molecule has 3 aromatic rings. The van der Waals surface area contributed by atoms with E-state index in [9.17, 15) is 0 Å². The number of rotatable bonds is 1. The summed E-state index contributed by atoms with van der Waals surface area (Å²) in [6.07, 6.45) is 0. The summed E-state index contributed by atoms with van der Waals surface area (Å²) >= 11 is 6.17. The zero-order chi connectivity index (χ0) is 11.1. The first-order valence-electron chi connectivity index (χ1n) is 5.02. The second-order valence-electron chi connectivity index (χ2n) is 3.67. The fourth-order valence-corrected chi connectivity index (χ4v) is 2.98. The monoisotopic (exact) mass is 246 g/mol. The summed E-state index contributed by atoms with van der Waals surface area (Å²) in [5.41, 5.74) is 3.23. The molecule has 0 aliphatic heterocycles. The molecule has 0 bridgehead atoms. The lowest BCUT2D eigenvalue weighted by Crippen LogP contribution is -1.75. The van der Waals surface area contributed by atoms with Gasteiger partial charge in [0, 0.05) is 21.4 Å². The van der Waals surface area contributed by atoms with E-state index in [4.69, 9.17) is 4.42 Å². The topological polar surface area (TPSA) is 13.1 Å². The van der Waals surface area contributed by atoms with Crippen molar-refractivity contribution < 1.29 is 4.42 Å². The van der Waals surface area contributed by atoms with Crippen LogP contribution in [0.1, 0.15) is 4.88 Å². The molecular formula is C13H10OS2. The maximum absolute atomic E-state index is 5.65. The molecule has 0 fully saturated rings. The van der Waals surface area contributed by atoms with E-state index in [-0.39, 0.29) is 0 Å². The van der Waals surface area contributed by atoms with Crippen LogP contribution in [0.25, 0.3) is 22.1 Å². The molecule has 0 aliphatic carbocycles. The summed E-state index contributed by atoms with van der Waals surface area (Å²) < 4.78 is 5.65. The quantitative estimate of drug-likeness (QED) is 0.611. The molecule has 0 aliphatic rings. The Morgan fingerprint density at radius 1 is 1.19 bits per heavy atom. The van der Waals surface area contributed by atoms with Gasteiger partial charge in [0.15, 0.2) is 5.09 Å². The first-order chi connectivity index (χ1) is 7.77. The van der Waals surface area contributed by atoms with E-state index in [0.717, 1.165) is 16.5 Å². The van der Waals surface area contributed by atoms with Crippen LogP contribution in [-0.4, -0.2) is 0 Å². The number of para-hydroxylation sites is 1. The molecule has 0 radical (unpaired) electrons. The third-order valence-electron chi connectivity index (χ3n) is 2.71. The van der Waals surface area contributed by atoms with Crippen LogP contribution in [-0.2, 0) is 0 Å². The Kier molecular flexibility index (Phi) is 2.30. The van der Waals surface area contributed by atoms with Crippen molar-refractivity contribution in [3.63, 3.8) is 0 Å². The van der Waals surface area contributed by atoms with Crippen LogP contribution >= 0.6 is 24.0 Å². The predicted molar refractivity (Wildman–Crippen MR) is 71.5 cm³/mol. The van der Waals surface area contributed by atoms with Crippen LogP contribution in [0.4, 0.5) is 0 Å². The lowest BCUT2D eigenvalue weighted by molar-refractivity contribution is 0.519. The van der Waals surface area contributed by atoms with E-state index < -0.39 is 0 Å². The number of aryl methyl sites for hydroxylation is 1. The summed E-state index contributed by atoms with van der Waals surface area (Å²) in [5, 5.41) is 3.93. The molecule has 1 aromatic carbocycles. The normalized spacial score (nSPS) is 11.1. The largest absolute Gasteiger partial charge is 0.449 e. The molecule has 0 saturated heterocycles. The van der Waals surface area contributed by atoms with Gasteiger partial charge >= 0.3 is 0 Å². The highest BCUT2D eigenvalue weighted by atomic mass is 32.1. The van der Waals surface area contributed by atoms with Gasteiger partial charge < -0.3 is 4.42 Å². The Morgan fingerprint density at radius 2 is 2.00 bits per heavy atom. The first kappa shape index (κ1) is 10.00. The van der Waals surface area contributed by atoms with Gasteiger partial charge in [-0.1, -0.05) is 18.2 Å². The van der Waals surface area contributed by atoms with E-state index in [1.807, 2.05) is 18.2 Å². The minimum absolute atomic E-state index is 0.697. The van der Waals surface area contributed by atoms with Gasteiger partial charge in [0.05, 0.1) is 0 Å². The van der Waals surface area contributed by atoms with E-state index in [1.165, 1.54) is 10.4 Å². The first-order valence-corrected chi connectivity index (χ1v) is 6.35. The lowest BCUT2D eigenvalue weighted by atomic mass is 10.1. The summed E-state index contributed by atoms with van der Waals surface area (Å²) in [7, 11) is 0. The molecule has 0 atom stereocenters. The zero-order valence-electron chi connectivity index (χ0n) is 8.73. The highest BCUT2D eigenvalue weighted by Crippen LogP contribution is 2.39. The molecule has 0 N–H and O–H groups in total. The van der Waals surface area contributed by atoms with Crippen LogP contribution in [0, 0.1) is 6.92 Å². The van der Waals surface area contributed by atoms with Crippen LogP contribution < -0.4 is 0 Å². The van der Waals surface area contributed by atoms with Crippen LogP contribution in [0.3, 0.4) is 0 Å². The number of hydrogen-bond donors (Lipinski definition) is 1. The number of thiol groups is 1. The number of fused-ring (bicyclic) bond motifs is 1. The molecule has 16 heavy (non-hydrogen) atoms. The van der Waals surface area contributed by atoms with E-state index >= 15 is 0 Å². The van der Waals surface area contributed by atoms with Crippen molar-refractivity contribution >= 4 is 34.9 Å². The summed E-state index contributed by atoms with van der Waals surface area (Å²) in [6, 6.07) is 10.2. The highest BCUT2D eigenvalue weighted by molar-refractivity contribution is 7.80. The number of furan rings is 1. The molecule has 0 unspecified atom stereocenters. The van der Waals surface area contributed by atoms with Gasteiger partial charge in [0.1, 0.15) is 5.58 Å². The predicted octanol–water partition coefficient (Wildman–Crippen LogP) is 4.76. The SMILES string of the molecule is Cc1sccc1-c1c(S)oc2ccccc12. The third-order valence-corrected chi connectivity index (χ3v) is 3.87. The second kappa shape index (κ2) is 3.68. The molecule has 3 heteroatoms. The van der Waals surface area contributed by atoms with Crippen LogP contribution in [0.15, 0.2) is 45.2 Å². The van der Waals surface area contributed by atoms with Gasteiger partial charge in [-0.2, -0.15) is 0 Å². The summed E-state index contributed by atoms with van der Waals surface area (Å²) in [6.45, 7) is 2.12. The zero-order valence-corrected chi connectivity index (χ0v) is 10.4. The Morgan fingerprint density at radius 3 is 2.75 bits per heavy atom. The van der Waals surface area contributed by atoms with E-state index in [1.54, 1.807) is 11.3 Å². The molecule has 0 saturated carbocycles. The van der Waals surface area contributed by atoms with Gasteiger partial charge in [-0.25, -0.2) is 0 Å². The number of hydrogen-bond acceptors (Lipinski definition) is 3. The highest BCUT2D eigenvalue weighted by Gasteiger charge is 2.15. The molecule has 2 heterocycles. The van der Waals surface area contributed by atoms with Gasteiger partial charge in [-0.15, -0.1) is 24.0 Å². The second-order valence-corrected chi connectivity index (χ2v) is 5.20. The van der Waals surface area contributed by atoms with Gasteiger partial charge in [-0.3, -0.25) is 0 Å². The van der Waals surface area contributed by atoms with Gasteiger partial charge in [0.2, 0.25) is 0 Å². The number of benzene rings is 1. The van der Waals surface area contributed by atoms with Crippen molar-refractivity contribution in [3.8, 4) is 11.1 Å². The summed E-state index contributed by atoms with van der Waals surface area (Å²) in [5.74, 6) is 0. The van der Waals surface area contributed by atoms with E-state index in [2.05, 4.69) is 37.1 Å². The molecule has 0 spiro atoms. The Bertz CT molecular complexity index is 649. The molecule has 80 valence electrons. The fourth-order valence-electron chi connectivity index (χ4n) is 1.94. The Balaban J connectivity index is 2.39. The fraction of sp³-hybridized carbons (Fsp3) is 0.0769. The van der Waals surface area contributed by atoms with Crippen molar-refractivity contribution in [2.45, 2.75) is 12.0 Å². The average Bonchev–Trinajstić information content (AvgIpc) is 2.81. The van der Waals surface area contributed by atoms with Crippen molar-refractivity contribution in [2.75, 3.05) is 0 Å². The van der Waals surface area contributed by atoms with Gasteiger partial charge in [-0.05, 0) is 24.4 Å². The minimum Gasteiger partial charge on any atom is -0.449 e. The molecule has 2 aromatic heterocycles. The Hall–Kier alpha value is -1.19. The average molecular weight is 246 g/mol. The summed E-state index contributed by atoms with van der Waals surface area (Å²) in [4.78, 5) is 1.29. The maximum Gasteiger partial charge on any atom is 0.166 e. The molecule has 1 nitrogen and oxygen atoms in total. The maximum atomic E-state index is 5.65. The molecule has 3 rings (SSSR count). The third kappa shape index (κ3) is 1.39. The Labute approximate surface area is 103 Å². The minimum atomic E-state index is 0.697. The van der Waals surface area contributed by atoms with Crippen molar-refractivity contribution in [2.24, 2.45) is 0 Å². The van der Waals surface area contributed by atoms with Gasteiger partial charge in [0.25, 0.3) is 0 Å². The van der Waals surface area contributed by atoms with Crippen molar-refractivity contribution in [1.29, 1.82) is 0 Å². The number of thiophene rings is 1. The molecule has 0 amide bonds. The van der Waals surface area contributed by atoms with Crippen LogP contribution in [0.5, 0.6) is 0 Å².